The third-order valence-electron chi connectivity index (χ3n) is 5.39. The first-order valence-electron chi connectivity index (χ1n) is 10.5. The van der Waals surface area contributed by atoms with E-state index in [2.05, 4.69) is 34.1 Å². The molecule has 1 amide bonds. The minimum Gasteiger partial charge on any atom is -0.497 e. The zero-order chi connectivity index (χ0) is 22.3. The highest BCUT2D eigenvalue weighted by Crippen LogP contribution is 2.30. The number of methoxy groups -OCH3 is 2. The van der Waals surface area contributed by atoms with Crippen molar-refractivity contribution in [2.75, 3.05) is 45.3 Å². The lowest BCUT2D eigenvalue weighted by Crippen LogP contribution is -2.49. The summed E-state index contributed by atoms with van der Waals surface area (Å²) in [6.45, 7) is 3.21. The van der Waals surface area contributed by atoms with E-state index in [1.807, 2.05) is 34.5 Å². The van der Waals surface area contributed by atoms with Gasteiger partial charge in [-0.25, -0.2) is 4.98 Å². The molecule has 0 unspecified atom stereocenters. The van der Waals surface area contributed by atoms with Crippen LogP contribution in [0.2, 0.25) is 0 Å². The SMILES string of the molecule is COc1cc(CSc2nc(CC(=O)N3CCN(c4ccccc4)CC3)cs2)cc(OC)c1. The molecular formula is C24H27N3O3S2. The summed E-state index contributed by atoms with van der Waals surface area (Å²) >= 11 is 3.24. The molecule has 0 saturated carbocycles. The number of amides is 1. The number of aromatic nitrogens is 1. The number of carbonyl (C=O) groups excluding carboxylic acids is 1. The minimum absolute atomic E-state index is 0.150. The van der Waals surface area contributed by atoms with Crippen LogP contribution in [0.15, 0.2) is 58.3 Å². The molecule has 1 aromatic heterocycles. The number of thioether (sulfide) groups is 1. The molecular weight excluding hydrogens is 442 g/mol. The first-order valence-corrected chi connectivity index (χ1v) is 12.4. The molecule has 0 atom stereocenters. The molecule has 1 saturated heterocycles. The number of rotatable bonds is 8. The Labute approximate surface area is 197 Å². The Kier molecular flexibility index (Phi) is 7.55. The summed E-state index contributed by atoms with van der Waals surface area (Å²) in [5.74, 6) is 2.46. The highest BCUT2D eigenvalue weighted by molar-refractivity contribution is 8.00. The Morgan fingerprint density at radius 2 is 1.72 bits per heavy atom. The lowest BCUT2D eigenvalue weighted by molar-refractivity contribution is -0.130. The van der Waals surface area contributed by atoms with Gasteiger partial charge >= 0.3 is 0 Å². The average Bonchev–Trinajstić information content (AvgIpc) is 3.30. The maximum atomic E-state index is 12.8. The van der Waals surface area contributed by atoms with Crippen molar-refractivity contribution < 1.29 is 14.3 Å². The molecule has 6 nitrogen and oxygen atoms in total. The number of hydrogen-bond donors (Lipinski definition) is 0. The number of para-hydroxylation sites is 1. The van der Waals surface area contributed by atoms with E-state index < -0.39 is 0 Å². The van der Waals surface area contributed by atoms with Crippen molar-refractivity contribution >= 4 is 34.7 Å². The van der Waals surface area contributed by atoms with Crippen LogP contribution in [0.5, 0.6) is 11.5 Å². The van der Waals surface area contributed by atoms with Crippen LogP contribution in [0.25, 0.3) is 0 Å². The smallest absolute Gasteiger partial charge is 0.228 e. The summed E-state index contributed by atoms with van der Waals surface area (Å²) in [4.78, 5) is 21.7. The first-order chi connectivity index (χ1) is 15.6. The second-order valence-electron chi connectivity index (χ2n) is 7.49. The Morgan fingerprint density at radius 1 is 1.03 bits per heavy atom. The number of carbonyl (C=O) groups is 1. The van der Waals surface area contributed by atoms with E-state index in [-0.39, 0.29) is 5.91 Å². The van der Waals surface area contributed by atoms with Crippen LogP contribution >= 0.6 is 23.1 Å². The van der Waals surface area contributed by atoms with E-state index in [1.165, 1.54) is 5.69 Å². The maximum absolute atomic E-state index is 12.8. The third kappa shape index (κ3) is 5.75. The van der Waals surface area contributed by atoms with Crippen molar-refractivity contribution in [3.05, 3.63) is 65.2 Å². The fourth-order valence-corrected chi connectivity index (χ4v) is 5.42. The summed E-state index contributed by atoms with van der Waals surface area (Å²) in [5, 5.41) is 1.99. The molecule has 168 valence electrons. The van der Waals surface area contributed by atoms with Gasteiger partial charge < -0.3 is 19.3 Å². The molecule has 4 rings (SSSR count). The highest BCUT2D eigenvalue weighted by atomic mass is 32.2. The van der Waals surface area contributed by atoms with Gasteiger partial charge in [0.05, 0.1) is 26.3 Å². The molecule has 0 radical (unpaired) electrons. The van der Waals surface area contributed by atoms with E-state index in [9.17, 15) is 4.79 Å². The molecule has 1 aliphatic heterocycles. The van der Waals surface area contributed by atoms with Crippen LogP contribution in [0, 0.1) is 0 Å². The number of piperazine rings is 1. The van der Waals surface area contributed by atoms with Crippen molar-refractivity contribution in [3.8, 4) is 11.5 Å². The van der Waals surface area contributed by atoms with Gasteiger partial charge in [0.2, 0.25) is 5.91 Å². The van der Waals surface area contributed by atoms with Crippen molar-refractivity contribution in [3.63, 3.8) is 0 Å². The Bertz CT molecular complexity index is 1010. The zero-order valence-corrected chi connectivity index (χ0v) is 20.0. The Morgan fingerprint density at radius 3 is 2.38 bits per heavy atom. The largest absolute Gasteiger partial charge is 0.497 e. The van der Waals surface area contributed by atoms with Gasteiger partial charge in [-0.3, -0.25) is 4.79 Å². The molecule has 0 N–H and O–H groups in total. The topological polar surface area (TPSA) is 54.9 Å². The standard InChI is InChI=1S/C24H27N3O3S2/c1-29-21-12-18(13-22(15-21)30-2)16-31-24-25-19(17-32-24)14-23(28)27-10-8-26(9-11-27)20-6-4-3-5-7-20/h3-7,12-13,15,17H,8-11,14,16H2,1-2H3. The van der Waals surface area contributed by atoms with Gasteiger partial charge in [0, 0.05) is 49.1 Å². The monoisotopic (exact) mass is 469 g/mol. The van der Waals surface area contributed by atoms with E-state index >= 15 is 0 Å². The summed E-state index contributed by atoms with van der Waals surface area (Å²) in [7, 11) is 3.30. The molecule has 2 heterocycles. The summed E-state index contributed by atoms with van der Waals surface area (Å²) < 4.78 is 11.6. The van der Waals surface area contributed by atoms with E-state index in [0.717, 1.165) is 59.0 Å². The first kappa shape index (κ1) is 22.5. The molecule has 0 bridgehead atoms. The number of nitrogens with zero attached hydrogens (tertiary/aromatic N) is 3. The van der Waals surface area contributed by atoms with E-state index in [1.54, 1.807) is 37.3 Å². The fourth-order valence-electron chi connectivity index (χ4n) is 3.65. The van der Waals surface area contributed by atoms with Gasteiger partial charge in [-0.05, 0) is 29.8 Å². The van der Waals surface area contributed by atoms with Crippen molar-refractivity contribution in [1.29, 1.82) is 0 Å². The van der Waals surface area contributed by atoms with Crippen LogP contribution in [0.4, 0.5) is 5.69 Å². The number of anilines is 1. The lowest BCUT2D eigenvalue weighted by atomic mass is 10.2. The van der Waals surface area contributed by atoms with E-state index in [0.29, 0.717) is 6.42 Å². The predicted molar refractivity (Wildman–Crippen MR) is 130 cm³/mol. The van der Waals surface area contributed by atoms with Crippen LogP contribution in [0.1, 0.15) is 11.3 Å². The fraction of sp³-hybridized carbons (Fsp3) is 0.333. The van der Waals surface area contributed by atoms with Crippen LogP contribution in [-0.2, 0) is 17.0 Å². The molecule has 1 fully saturated rings. The van der Waals surface area contributed by atoms with Gasteiger partial charge in [-0.15, -0.1) is 11.3 Å². The van der Waals surface area contributed by atoms with Gasteiger partial charge in [0.15, 0.2) is 0 Å². The number of benzene rings is 2. The van der Waals surface area contributed by atoms with Gasteiger partial charge in [-0.1, -0.05) is 30.0 Å². The molecule has 3 aromatic rings. The van der Waals surface area contributed by atoms with Crippen LogP contribution in [-0.4, -0.2) is 56.2 Å². The van der Waals surface area contributed by atoms with E-state index in [4.69, 9.17) is 9.47 Å². The molecule has 0 spiro atoms. The molecule has 32 heavy (non-hydrogen) atoms. The van der Waals surface area contributed by atoms with Gasteiger partial charge in [0.25, 0.3) is 0 Å². The van der Waals surface area contributed by atoms with Gasteiger partial charge in [-0.2, -0.15) is 0 Å². The Hall–Kier alpha value is -2.71. The second kappa shape index (κ2) is 10.7. The second-order valence-corrected chi connectivity index (χ2v) is 9.58. The highest BCUT2D eigenvalue weighted by Gasteiger charge is 2.22. The average molecular weight is 470 g/mol. The molecule has 2 aromatic carbocycles. The van der Waals surface area contributed by atoms with Crippen molar-refractivity contribution in [2.45, 2.75) is 16.5 Å². The minimum atomic E-state index is 0.150. The summed E-state index contributed by atoms with van der Waals surface area (Å²) in [6, 6.07) is 16.2. The van der Waals surface area contributed by atoms with Crippen molar-refractivity contribution in [1.82, 2.24) is 9.88 Å². The quantitative estimate of drug-likeness (QED) is 0.458. The molecule has 0 aliphatic carbocycles. The van der Waals surface area contributed by atoms with Crippen LogP contribution < -0.4 is 14.4 Å². The Balaban J connectivity index is 1.27. The van der Waals surface area contributed by atoms with Crippen molar-refractivity contribution in [2.24, 2.45) is 0 Å². The normalized spacial score (nSPS) is 13.8. The summed E-state index contributed by atoms with van der Waals surface area (Å²) in [5.41, 5.74) is 3.17. The number of thiazole rings is 1. The predicted octanol–water partition coefficient (Wildman–Crippen LogP) is 4.34. The molecule has 8 heteroatoms. The number of ether oxygens (including phenoxy) is 2. The zero-order valence-electron chi connectivity index (χ0n) is 18.3. The third-order valence-corrected chi connectivity index (χ3v) is 7.53. The maximum Gasteiger partial charge on any atom is 0.228 e. The number of hydrogen-bond acceptors (Lipinski definition) is 7. The lowest BCUT2D eigenvalue weighted by Gasteiger charge is -2.36. The molecule has 1 aliphatic rings. The van der Waals surface area contributed by atoms with Crippen LogP contribution in [0.3, 0.4) is 0 Å². The van der Waals surface area contributed by atoms with Gasteiger partial charge in [0.1, 0.15) is 15.8 Å². The summed E-state index contributed by atoms with van der Waals surface area (Å²) in [6.07, 6.45) is 0.357.